The van der Waals surface area contributed by atoms with Crippen molar-refractivity contribution in [2.24, 2.45) is 5.73 Å². The Morgan fingerprint density at radius 1 is 1.36 bits per heavy atom. The monoisotopic (exact) mass is 160 g/mol. The molecule has 0 aromatic rings. The first kappa shape index (κ1) is 8.94. The molecule has 3 heteroatoms. The fourth-order valence-corrected chi connectivity index (χ4v) is 1.34. The van der Waals surface area contributed by atoms with Crippen molar-refractivity contribution < 1.29 is 4.39 Å². The maximum atomic E-state index is 12.9. The summed E-state index contributed by atoms with van der Waals surface area (Å²) in [7, 11) is 0. The predicted molar refractivity (Wildman–Crippen MR) is 44.2 cm³/mol. The molecule has 0 aromatic carbocycles. The number of hydrogen-bond acceptors (Lipinski definition) is 2. The fraction of sp³-hybridized carbons (Fsp3) is 1.00. The molecule has 0 aliphatic carbocycles. The molecule has 1 aliphatic rings. The number of alkyl halides is 1. The van der Waals surface area contributed by atoms with Crippen LogP contribution < -0.4 is 5.73 Å². The van der Waals surface area contributed by atoms with Crippen molar-refractivity contribution in [3.63, 3.8) is 0 Å². The van der Waals surface area contributed by atoms with Gasteiger partial charge in [-0.15, -0.1) is 0 Å². The highest BCUT2D eigenvalue weighted by Crippen LogP contribution is 2.21. The first-order valence-corrected chi connectivity index (χ1v) is 4.06. The highest BCUT2D eigenvalue weighted by molar-refractivity contribution is 4.92. The van der Waals surface area contributed by atoms with Gasteiger partial charge in [-0.2, -0.15) is 0 Å². The molecule has 0 saturated carbocycles. The van der Waals surface area contributed by atoms with Crippen molar-refractivity contribution in [3.8, 4) is 0 Å². The molecule has 66 valence electrons. The minimum Gasteiger partial charge on any atom is -0.324 e. The minimum absolute atomic E-state index is 0.0540. The summed E-state index contributed by atoms with van der Waals surface area (Å²) < 4.78 is 12.9. The molecule has 1 fully saturated rings. The lowest BCUT2D eigenvalue weighted by Gasteiger charge is -2.31. The van der Waals surface area contributed by atoms with Gasteiger partial charge in [-0.3, -0.25) is 4.90 Å². The standard InChI is InChI=1S/C8H17FN2/c1-8(2,3)11-4-6(9)7(10)5-11/h6-7H,4-5,10H2,1-3H3. The van der Waals surface area contributed by atoms with E-state index in [1.54, 1.807) is 0 Å². The molecular weight excluding hydrogens is 143 g/mol. The number of halogens is 1. The maximum Gasteiger partial charge on any atom is 0.129 e. The van der Waals surface area contributed by atoms with E-state index in [0.717, 1.165) is 0 Å². The van der Waals surface area contributed by atoms with E-state index in [0.29, 0.717) is 13.1 Å². The smallest absolute Gasteiger partial charge is 0.129 e. The summed E-state index contributed by atoms with van der Waals surface area (Å²) in [6.07, 6.45) is -0.839. The van der Waals surface area contributed by atoms with E-state index in [2.05, 4.69) is 25.7 Å². The maximum absolute atomic E-state index is 12.9. The predicted octanol–water partition coefficient (Wildman–Crippen LogP) is 0.766. The Hall–Kier alpha value is -0.150. The summed E-state index contributed by atoms with van der Waals surface area (Å²) in [5.41, 5.74) is 5.60. The molecule has 0 bridgehead atoms. The Morgan fingerprint density at radius 3 is 2.09 bits per heavy atom. The first-order chi connectivity index (χ1) is 4.91. The third kappa shape index (κ3) is 1.91. The highest BCUT2D eigenvalue weighted by atomic mass is 19.1. The van der Waals surface area contributed by atoms with Gasteiger partial charge >= 0.3 is 0 Å². The van der Waals surface area contributed by atoms with Crippen LogP contribution in [-0.2, 0) is 0 Å². The molecule has 0 radical (unpaired) electrons. The van der Waals surface area contributed by atoms with E-state index in [9.17, 15) is 4.39 Å². The van der Waals surface area contributed by atoms with E-state index < -0.39 is 6.17 Å². The number of nitrogens with two attached hydrogens (primary N) is 1. The van der Waals surface area contributed by atoms with Crippen molar-refractivity contribution in [3.05, 3.63) is 0 Å². The summed E-state index contributed by atoms with van der Waals surface area (Å²) in [5, 5.41) is 0. The molecule has 1 saturated heterocycles. The lowest BCUT2D eigenvalue weighted by atomic mass is 10.1. The summed E-state index contributed by atoms with van der Waals surface area (Å²) in [6.45, 7) is 7.42. The van der Waals surface area contributed by atoms with Gasteiger partial charge in [-0.05, 0) is 20.8 Å². The molecule has 2 unspecified atom stereocenters. The van der Waals surface area contributed by atoms with E-state index >= 15 is 0 Å². The summed E-state index contributed by atoms with van der Waals surface area (Å²) in [6, 6.07) is -0.283. The number of likely N-dealkylation sites (tertiary alicyclic amines) is 1. The largest absolute Gasteiger partial charge is 0.324 e. The van der Waals surface area contributed by atoms with Gasteiger partial charge in [0.25, 0.3) is 0 Å². The molecular formula is C8H17FN2. The number of nitrogens with zero attached hydrogens (tertiary/aromatic N) is 1. The quantitative estimate of drug-likeness (QED) is 0.567. The molecule has 0 amide bonds. The topological polar surface area (TPSA) is 29.3 Å². The second kappa shape index (κ2) is 2.72. The van der Waals surface area contributed by atoms with Crippen LogP contribution in [0.2, 0.25) is 0 Å². The second-order valence-electron chi connectivity index (χ2n) is 4.26. The Balaban J connectivity index is 2.54. The zero-order valence-corrected chi connectivity index (χ0v) is 7.47. The van der Waals surface area contributed by atoms with Gasteiger partial charge in [-0.25, -0.2) is 4.39 Å². The SMILES string of the molecule is CC(C)(C)N1CC(N)C(F)C1. The van der Waals surface area contributed by atoms with Gasteiger partial charge < -0.3 is 5.73 Å². The third-order valence-corrected chi connectivity index (χ3v) is 2.24. The first-order valence-electron chi connectivity index (χ1n) is 4.06. The zero-order valence-electron chi connectivity index (χ0n) is 7.47. The summed E-state index contributed by atoms with van der Waals surface area (Å²) in [4.78, 5) is 2.09. The van der Waals surface area contributed by atoms with Crippen LogP contribution in [0.4, 0.5) is 4.39 Å². The van der Waals surface area contributed by atoms with Gasteiger partial charge in [0.15, 0.2) is 0 Å². The van der Waals surface area contributed by atoms with E-state index in [1.807, 2.05) is 0 Å². The van der Waals surface area contributed by atoms with Crippen molar-refractivity contribution in [2.45, 2.75) is 38.5 Å². The molecule has 1 rings (SSSR count). The van der Waals surface area contributed by atoms with Gasteiger partial charge in [0.1, 0.15) is 6.17 Å². The average molecular weight is 160 g/mol. The molecule has 1 heterocycles. The van der Waals surface area contributed by atoms with Crippen LogP contribution in [0.1, 0.15) is 20.8 Å². The van der Waals surface area contributed by atoms with Gasteiger partial charge in [0, 0.05) is 24.7 Å². The Bertz CT molecular complexity index is 132. The molecule has 11 heavy (non-hydrogen) atoms. The Morgan fingerprint density at radius 2 is 1.91 bits per heavy atom. The molecule has 0 spiro atoms. The minimum atomic E-state index is -0.839. The van der Waals surface area contributed by atoms with Gasteiger partial charge in [-0.1, -0.05) is 0 Å². The van der Waals surface area contributed by atoms with Crippen LogP contribution in [0.15, 0.2) is 0 Å². The highest BCUT2D eigenvalue weighted by Gasteiger charge is 2.35. The molecule has 2 nitrogen and oxygen atoms in total. The van der Waals surface area contributed by atoms with Gasteiger partial charge in [0.2, 0.25) is 0 Å². The second-order valence-corrected chi connectivity index (χ2v) is 4.26. The average Bonchev–Trinajstić information content (AvgIpc) is 2.11. The van der Waals surface area contributed by atoms with E-state index in [1.165, 1.54) is 0 Å². The van der Waals surface area contributed by atoms with E-state index in [-0.39, 0.29) is 11.6 Å². The molecule has 1 aliphatic heterocycles. The summed E-state index contributed by atoms with van der Waals surface area (Å²) in [5.74, 6) is 0. The third-order valence-electron chi connectivity index (χ3n) is 2.24. The van der Waals surface area contributed by atoms with Crippen LogP contribution in [0.5, 0.6) is 0 Å². The molecule has 2 atom stereocenters. The number of rotatable bonds is 0. The number of hydrogen-bond donors (Lipinski definition) is 1. The Kier molecular flexibility index (Phi) is 2.21. The summed E-state index contributed by atoms with van der Waals surface area (Å²) >= 11 is 0. The lowest BCUT2D eigenvalue weighted by Crippen LogP contribution is -2.40. The van der Waals surface area contributed by atoms with Crippen LogP contribution in [0, 0.1) is 0 Å². The van der Waals surface area contributed by atoms with Crippen LogP contribution in [0.25, 0.3) is 0 Å². The molecule has 0 aromatic heterocycles. The van der Waals surface area contributed by atoms with Crippen molar-refractivity contribution in [1.29, 1.82) is 0 Å². The van der Waals surface area contributed by atoms with Crippen LogP contribution in [-0.4, -0.2) is 35.7 Å². The lowest BCUT2D eigenvalue weighted by molar-refractivity contribution is 0.161. The van der Waals surface area contributed by atoms with Crippen LogP contribution in [0.3, 0.4) is 0 Å². The van der Waals surface area contributed by atoms with Crippen molar-refractivity contribution in [1.82, 2.24) is 4.90 Å². The normalized spacial score (nSPS) is 34.6. The van der Waals surface area contributed by atoms with Gasteiger partial charge in [0.05, 0.1) is 0 Å². The zero-order chi connectivity index (χ0) is 8.65. The van der Waals surface area contributed by atoms with Crippen molar-refractivity contribution in [2.75, 3.05) is 13.1 Å². The van der Waals surface area contributed by atoms with Crippen LogP contribution >= 0.6 is 0 Å². The molecule has 2 N–H and O–H groups in total. The Labute approximate surface area is 67.6 Å². The van der Waals surface area contributed by atoms with E-state index in [4.69, 9.17) is 5.73 Å². The van der Waals surface area contributed by atoms with Crippen molar-refractivity contribution >= 4 is 0 Å². The fourth-order valence-electron chi connectivity index (χ4n) is 1.34.